The van der Waals surface area contributed by atoms with Crippen LogP contribution in [0.25, 0.3) is 0 Å². The van der Waals surface area contributed by atoms with E-state index in [-0.39, 0.29) is 11.3 Å². The van der Waals surface area contributed by atoms with E-state index in [1.54, 1.807) is 0 Å². The van der Waals surface area contributed by atoms with Gasteiger partial charge in [-0.3, -0.25) is 4.79 Å². The lowest BCUT2D eigenvalue weighted by molar-refractivity contribution is -0.129. The molecule has 0 aliphatic carbocycles. The number of rotatable bonds is 5. The summed E-state index contributed by atoms with van der Waals surface area (Å²) < 4.78 is 0. The van der Waals surface area contributed by atoms with Crippen molar-refractivity contribution in [3.63, 3.8) is 0 Å². The van der Waals surface area contributed by atoms with Crippen LogP contribution >= 0.6 is 0 Å². The maximum absolute atomic E-state index is 11.6. The molecule has 0 aromatic heterocycles. The second-order valence-electron chi connectivity index (χ2n) is 3.91. The number of hydrogen-bond acceptors (Lipinski definition) is 1. The van der Waals surface area contributed by atoms with E-state index < -0.39 is 0 Å². The molecule has 13 heavy (non-hydrogen) atoms. The molecular formula is C11H21NO. The fourth-order valence-electron chi connectivity index (χ4n) is 1.25. The van der Waals surface area contributed by atoms with E-state index in [1.165, 1.54) is 0 Å². The zero-order valence-electron chi connectivity index (χ0n) is 9.18. The summed E-state index contributed by atoms with van der Waals surface area (Å²) in [5.74, 6) is 0.146. The van der Waals surface area contributed by atoms with Crippen LogP contribution in [0, 0.1) is 5.41 Å². The highest BCUT2D eigenvalue weighted by Gasteiger charge is 2.25. The summed E-state index contributed by atoms with van der Waals surface area (Å²) in [7, 11) is 0. The summed E-state index contributed by atoms with van der Waals surface area (Å²) in [4.78, 5) is 11.6. The van der Waals surface area contributed by atoms with Crippen LogP contribution in [-0.4, -0.2) is 12.5 Å². The number of amides is 1. The Balaban J connectivity index is 3.93. The van der Waals surface area contributed by atoms with Gasteiger partial charge in [-0.05, 0) is 13.3 Å². The number of hydrogen-bond donors (Lipinski definition) is 1. The summed E-state index contributed by atoms with van der Waals surface area (Å²) in [6.07, 6.45) is 5.87. The van der Waals surface area contributed by atoms with Gasteiger partial charge in [-0.25, -0.2) is 0 Å². The normalized spacial score (nSPS) is 12.0. The summed E-state index contributed by atoms with van der Waals surface area (Å²) in [6.45, 7) is 8.66. The van der Waals surface area contributed by atoms with Gasteiger partial charge < -0.3 is 5.32 Å². The number of carbonyl (C=O) groups excluding carboxylic acids is 1. The molecule has 0 rings (SSSR count). The smallest absolute Gasteiger partial charge is 0.225 e. The first-order valence-electron chi connectivity index (χ1n) is 4.94. The Labute approximate surface area is 81.4 Å². The maximum atomic E-state index is 11.6. The number of allylic oxidation sites excluding steroid dienone is 1. The van der Waals surface area contributed by atoms with Crippen molar-refractivity contribution in [3.8, 4) is 0 Å². The molecule has 0 unspecified atom stereocenters. The molecule has 0 heterocycles. The van der Waals surface area contributed by atoms with Crippen molar-refractivity contribution in [1.82, 2.24) is 5.32 Å². The third-order valence-electron chi connectivity index (χ3n) is 2.11. The monoisotopic (exact) mass is 183 g/mol. The summed E-state index contributed by atoms with van der Waals surface area (Å²) in [5, 5.41) is 2.88. The Hall–Kier alpha value is -0.790. The van der Waals surface area contributed by atoms with Crippen LogP contribution in [0.2, 0.25) is 0 Å². The second-order valence-corrected chi connectivity index (χ2v) is 3.91. The first-order chi connectivity index (χ1) is 6.04. The van der Waals surface area contributed by atoms with Crippen molar-refractivity contribution in [3.05, 3.63) is 12.2 Å². The third kappa shape index (κ3) is 4.71. The van der Waals surface area contributed by atoms with Crippen LogP contribution in [0.15, 0.2) is 12.2 Å². The van der Waals surface area contributed by atoms with Gasteiger partial charge >= 0.3 is 0 Å². The van der Waals surface area contributed by atoms with Crippen molar-refractivity contribution in [2.75, 3.05) is 6.54 Å². The Morgan fingerprint density at radius 3 is 2.54 bits per heavy atom. The average molecular weight is 183 g/mol. The van der Waals surface area contributed by atoms with Gasteiger partial charge in [0.25, 0.3) is 0 Å². The molecule has 0 aliphatic rings. The topological polar surface area (TPSA) is 29.1 Å². The van der Waals surface area contributed by atoms with Crippen LogP contribution in [0.1, 0.15) is 40.5 Å². The number of carbonyl (C=O) groups is 1. The van der Waals surface area contributed by atoms with Gasteiger partial charge in [-0.15, -0.1) is 0 Å². The molecule has 1 amide bonds. The SMILES string of the molecule is C/C=C/CNC(=O)C(C)(C)CCC. The molecule has 0 bridgehead atoms. The van der Waals surface area contributed by atoms with Crippen molar-refractivity contribution >= 4 is 5.91 Å². The first kappa shape index (κ1) is 12.2. The van der Waals surface area contributed by atoms with Gasteiger partial charge in [0.15, 0.2) is 0 Å². The largest absolute Gasteiger partial charge is 0.352 e. The molecule has 0 saturated carbocycles. The molecule has 2 heteroatoms. The van der Waals surface area contributed by atoms with Gasteiger partial charge in [0.2, 0.25) is 5.91 Å². The quantitative estimate of drug-likeness (QED) is 0.652. The van der Waals surface area contributed by atoms with Crippen molar-refractivity contribution in [2.24, 2.45) is 5.41 Å². The van der Waals surface area contributed by atoms with E-state index in [2.05, 4.69) is 12.2 Å². The molecule has 0 aliphatic heterocycles. The first-order valence-corrected chi connectivity index (χ1v) is 4.94. The minimum atomic E-state index is -0.226. The van der Waals surface area contributed by atoms with Crippen molar-refractivity contribution < 1.29 is 4.79 Å². The molecule has 76 valence electrons. The summed E-state index contributed by atoms with van der Waals surface area (Å²) in [6, 6.07) is 0. The zero-order chi connectivity index (χ0) is 10.3. The Morgan fingerprint density at radius 2 is 2.08 bits per heavy atom. The molecule has 0 spiro atoms. The van der Waals surface area contributed by atoms with Gasteiger partial charge in [-0.2, -0.15) is 0 Å². The highest BCUT2D eigenvalue weighted by atomic mass is 16.2. The van der Waals surface area contributed by atoms with Crippen LogP contribution in [0.4, 0.5) is 0 Å². The Bertz CT molecular complexity index is 183. The predicted molar refractivity (Wildman–Crippen MR) is 56.5 cm³/mol. The molecule has 0 saturated heterocycles. The zero-order valence-corrected chi connectivity index (χ0v) is 9.18. The maximum Gasteiger partial charge on any atom is 0.225 e. The third-order valence-corrected chi connectivity index (χ3v) is 2.11. The van der Waals surface area contributed by atoms with E-state index in [0.29, 0.717) is 6.54 Å². The average Bonchev–Trinajstić information content (AvgIpc) is 2.04. The van der Waals surface area contributed by atoms with Crippen LogP contribution in [-0.2, 0) is 4.79 Å². The Kier molecular flexibility index (Phi) is 5.44. The lowest BCUT2D eigenvalue weighted by atomic mass is 9.87. The van der Waals surface area contributed by atoms with Gasteiger partial charge in [0, 0.05) is 12.0 Å². The fourth-order valence-corrected chi connectivity index (χ4v) is 1.25. The highest BCUT2D eigenvalue weighted by molar-refractivity contribution is 5.81. The van der Waals surface area contributed by atoms with Crippen LogP contribution in [0.5, 0.6) is 0 Å². The molecule has 2 nitrogen and oxygen atoms in total. The van der Waals surface area contributed by atoms with Gasteiger partial charge in [0.05, 0.1) is 0 Å². The molecule has 0 aromatic rings. The second kappa shape index (κ2) is 5.79. The van der Waals surface area contributed by atoms with E-state index in [1.807, 2.05) is 32.9 Å². The van der Waals surface area contributed by atoms with Crippen molar-refractivity contribution in [1.29, 1.82) is 0 Å². The molecule has 0 radical (unpaired) electrons. The Morgan fingerprint density at radius 1 is 1.46 bits per heavy atom. The van der Waals surface area contributed by atoms with Crippen LogP contribution in [0.3, 0.4) is 0 Å². The molecule has 0 aromatic carbocycles. The van der Waals surface area contributed by atoms with E-state index in [9.17, 15) is 4.79 Å². The van der Waals surface area contributed by atoms with Crippen molar-refractivity contribution in [2.45, 2.75) is 40.5 Å². The molecule has 0 fully saturated rings. The summed E-state index contributed by atoms with van der Waals surface area (Å²) in [5.41, 5.74) is -0.226. The van der Waals surface area contributed by atoms with Crippen LogP contribution < -0.4 is 5.32 Å². The van der Waals surface area contributed by atoms with E-state index >= 15 is 0 Å². The minimum absolute atomic E-state index is 0.146. The minimum Gasteiger partial charge on any atom is -0.352 e. The summed E-state index contributed by atoms with van der Waals surface area (Å²) >= 11 is 0. The molecule has 0 atom stereocenters. The van der Waals surface area contributed by atoms with Gasteiger partial charge in [-0.1, -0.05) is 39.3 Å². The fraction of sp³-hybridized carbons (Fsp3) is 0.727. The lowest BCUT2D eigenvalue weighted by Crippen LogP contribution is -2.36. The highest BCUT2D eigenvalue weighted by Crippen LogP contribution is 2.21. The predicted octanol–water partition coefficient (Wildman–Crippen LogP) is 2.51. The standard InChI is InChI=1S/C11H21NO/c1-5-7-9-12-10(13)11(3,4)8-6-2/h5,7H,6,8-9H2,1-4H3,(H,12,13)/b7-5+. The lowest BCUT2D eigenvalue weighted by Gasteiger charge is -2.22. The molecule has 1 N–H and O–H groups in total. The molecular weight excluding hydrogens is 162 g/mol. The van der Waals surface area contributed by atoms with E-state index in [4.69, 9.17) is 0 Å². The van der Waals surface area contributed by atoms with Gasteiger partial charge in [0.1, 0.15) is 0 Å². The van der Waals surface area contributed by atoms with E-state index in [0.717, 1.165) is 12.8 Å². The number of nitrogens with one attached hydrogen (secondary N) is 1.